The van der Waals surface area contributed by atoms with Gasteiger partial charge in [0.05, 0.1) is 11.4 Å². The Morgan fingerprint density at radius 1 is 1.47 bits per heavy atom. The molecule has 1 saturated carbocycles. The van der Waals surface area contributed by atoms with Gasteiger partial charge >= 0.3 is 0 Å². The average molecular weight is 233 g/mol. The van der Waals surface area contributed by atoms with E-state index in [9.17, 15) is 4.79 Å². The second-order valence-electron chi connectivity index (χ2n) is 4.87. The van der Waals surface area contributed by atoms with Gasteiger partial charge in [-0.05, 0) is 42.9 Å². The fourth-order valence-corrected chi connectivity index (χ4v) is 1.98. The summed E-state index contributed by atoms with van der Waals surface area (Å²) in [6, 6.07) is 5.09. The van der Waals surface area contributed by atoms with Gasteiger partial charge in [-0.3, -0.25) is 4.79 Å². The third-order valence-corrected chi connectivity index (χ3v) is 3.70. The van der Waals surface area contributed by atoms with Crippen molar-refractivity contribution in [3.8, 4) is 0 Å². The number of nitrogen functional groups attached to an aromatic ring is 1. The molecule has 1 aromatic rings. The van der Waals surface area contributed by atoms with Crippen LogP contribution in [0.15, 0.2) is 18.2 Å². The fourth-order valence-electron chi connectivity index (χ4n) is 1.98. The summed E-state index contributed by atoms with van der Waals surface area (Å²) in [6.45, 7) is 3.12. The lowest BCUT2D eigenvalue weighted by atomic mass is 10.0. The highest BCUT2D eigenvalue weighted by Gasteiger charge is 2.40. The van der Waals surface area contributed by atoms with Crippen LogP contribution in [-0.2, 0) is 0 Å². The summed E-state index contributed by atoms with van der Waals surface area (Å²) >= 11 is 0. The van der Waals surface area contributed by atoms with E-state index in [0.717, 1.165) is 12.2 Å². The summed E-state index contributed by atoms with van der Waals surface area (Å²) in [4.78, 5) is 11.1. The minimum Gasteiger partial charge on any atom is -0.397 e. The zero-order chi connectivity index (χ0) is 12.5. The van der Waals surface area contributed by atoms with Gasteiger partial charge in [0.25, 0.3) is 0 Å². The van der Waals surface area contributed by atoms with E-state index in [1.165, 1.54) is 19.3 Å². The van der Waals surface area contributed by atoms with Crippen molar-refractivity contribution in [3.05, 3.63) is 23.8 Å². The molecular weight excluding hydrogens is 214 g/mol. The van der Waals surface area contributed by atoms with E-state index in [1.807, 2.05) is 0 Å². The third kappa shape index (κ3) is 2.52. The Hall–Kier alpha value is -1.71. The molecule has 0 spiro atoms. The van der Waals surface area contributed by atoms with Crippen molar-refractivity contribution in [3.63, 3.8) is 0 Å². The van der Waals surface area contributed by atoms with Gasteiger partial charge in [0.15, 0.2) is 0 Å². The van der Waals surface area contributed by atoms with Crippen LogP contribution in [0.1, 0.15) is 36.5 Å². The predicted octanol–water partition coefficient (Wildman–Crippen LogP) is 1.97. The average Bonchev–Trinajstić information content (AvgIpc) is 3.08. The van der Waals surface area contributed by atoms with Gasteiger partial charge in [-0.25, -0.2) is 0 Å². The summed E-state index contributed by atoms with van der Waals surface area (Å²) in [5, 5.41) is 3.33. The van der Waals surface area contributed by atoms with Crippen LogP contribution in [0.5, 0.6) is 0 Å². The van der Waals surface area contributed by atoms with E-state index < -0.39 is 5.91 Å². The number of nitrogens with two attached hydrogens (primary N) is 2. The van der Waals surface area contributed by atoms with Gasteiger partial charge in [0, 0.05) is 12.1 Å². The van der Waals surface area contributed by atoms with E-state index in [0.29, 0.717) is 16.7 Å². The smallest absolute Gasteiger partial charge is 0.248 e. The highest BCUT2D eigenvalue weighted by Crippen LogP contribution is 2.48. The molecule has 5 N–H and O–H groups in total. The SMILES string of the molecule is CCC1(CNc2cc(C(N)=O)ccc2N)CC1. The molecule has 0 aromatic heterocycles. The van der Waals surface area contributed by atoms with Crippen LogP contribution in [0.25, 0.3) is 0 Å². The zero-order valence-electron chi connectivity index (χ0n) is 10.1. The third-order valence-electron chi connectivity index (χ3n) is 3.70. The first-order chi connectivity index (χ1) is 8.06. The molecule has 1 aliphatic rings. The maximum atomic E-state index is 11.1. The van der Waals surface area contributed by atoms with Crippen LogP contribution >= 0.6 is 0 Å². The standard InChI is InChI=1S/C13H19N3O/c1-2-13(5-6-13)8-16-11-7-9(12(15)17)3-4-10(11)14/h3-4,7,16H,2,5-6,8,14H2,1H3,(H2,15,17). The zero-order valence-corrected chi connectivity index (χ0v) is 10.1. The number of rotatable bonds is 5. The number of carbonyl (C=O) groups is 1. The van der Waals surface area contributed by atoms with Gasteiger partial charge in [-0.15, -0.1) is 0 Å². The Morgan fingerprint density at radius 3 is 2.71 bits per heavy atom. The molecule has 0 unspecified atom stereocenters. The number of nitrogens with one attached hydrogen (secondary N) is 1. The fraction of sp³-hybridized carbons (Fsp3) is 0.462. The number of primary amides is 1. The van der Waals surface area contributed by atoms with Crippen LogP contribution in [0, 0.1) is 5.41 Å². The summed E-state index contributed by atoms with van der Waals surface area (Å²) in [5.41, 5.74) is 13.5. The van der Waals surface area contributed by atoms with Gasteiger partial charge in [-0.2, -0.15) is 0 Å². The molecule has 0 heterocycles. The summed E-state index contributed by atoms with van der Waals surface area (Å²) in [7, 11) is 0. The molecule has 0 atom stereocenters. The van der Waals surface area contributed by atoms with Crippen molar-refractivity contribution in [2.45, 2.75) is 26.2 Å². The second-order valence-corrected chi connectivity index (χ2v) is 4.87. The van der Waals surface area contributed by atoms with Crippen molar-refractivity contribution >= 4 is 17.3 Å². The van der Waals surface area contributed by atoms with Crippen LogP contribution in [-0.4, -0.2) is 12.5 Å². The highest BCUT2D eigenvalue weighted by atomic mass is 16.1. The molecule has 1 aromatic carbocycles. The lowest BCUT2D eigenvalue weighted by Crippen LogP contribution is -2.16. The normalized spacial score (nSPS) is 16.5. The molecule has 17 heavy (non-hydrogen) atoms. The Morgan fingerprint density at radius 2 is 2.18 bits per heavy atom. The maximum absolute atomic E-state index is 11.1. The molecule has 1 amide bonds. The van der Waals surface area contributed by atoms with Crippen LogP contribution in [0.3, 0.4) is 0 Å². The number of amides is 1. The lowest BCUT2D eigenvalue weighted by Gasteiger charge is -2.16. The van der Waals surface area contributed by atoms with Gasteiger partial charge in [0.2, 0.25) is 5.91 Å². The molecule has 2 rings (SSSR count). The molecule has 92 valence electrons. The second kappa shape index (κ2) is 4.28. The molecule has 0 bridgehead atoms. The largest absolute Gasteiger partial charge is 0.397 e. The number of hydrogen-bond acceptors (Lipinski definition) is 3. The number of carbonyl (C=O) groups excluding carboxylic acids is 1. The van der Waals surface area contributed by atoms with E-state index in [2.05, 4.69) is 12.2 Å². The van der Waals surface area contributed by atoms with Crippen molar-refractivity contribution in [2.24, 2.45) is 11.1 Å². The lowest BCUT2D eigenvalue weighted by molar-refractivity contribution is 0.100. The first-order valence-corrected chi connectivity index (χ1v) is 5.99. The molecular formula is C13H19N3O. The number of anilines is 2. The van der Waals surface area contributed by atoms with E-state index in [1.54, 1.807) is 18.2 Å². The monoisotopic (exact) mass is 233 g/mol. The predicted molar refractivity (Wildman–Crippen MR) is 69.8 cm³/mol. The van der Waals surface area contributed by atoms with Crippen molar-refractivity contribution in [2.75, 3.05) is 17.6 Å². The maximum Gasteiger partial charge on any atom is 0.248 e. The summed E-state index contributed by atoms with van der Waals surface area (Å²) < 4.78 is 0. The van der Waals surface area contributed by atoms with Crippen LogP contribution < -0.4 is 16.8 Å². The molecule has 0 aliphatic heterocycles. The molecule has 1 fully saturated rings. The molecule has 4 heteroatoms. The first-order valence-electron chi connectivity index (χ1n) is 5.99. The van der Waals surface area contributed by atoms with Crippen LogP contribution in [0.2, 0.25) is 0 Å². The summed E-state index contributed by atoms with van der Waals surface area (Å²) in [5.74, 6) is -0.426. The van der Waals surface area contributed by atoms with Gasteiger partial charge < -0.3 is 16.8 Å². The molecule has 0 radical (unpaired) electrons. The topological polar surface area (TPSA) is 81.1 Å². The molecule has 0 saturated heterocycles. The van der Waals surface area contributed by atoms with Gasteiger partial charge in [0.1, 0.15) is 0 Å². The number of benzene rings is 1. The van der Waals surface area contributed by atoms with Gasteiger partial charge in [-0.1, -0.05) is 6.92 Å². The Labute approximate surface area is 101 Å². The Kier molecular flexibility index (Phi) is 2.96. The highest BCUT2D eigenvalue weighted by molar-refractivity contribution is 5.94. The Balaban J connectivity index is 2.09. The van der Waals surface area contributed by atoms with E-state index in [-0.39, 0.29) is 0 Å². The quantitative estimate of drug-likeness (QED) is 0.680. The number of hydrogen-bond donors (Lipinski definition) is 3. The van der Waals surface area contributed by atoms with E-state index in [4.69, 9.17) is 11.5 Å². The minimum atomic E-state index is -0.426. The van der Waals surface area contributed by atoms with Crippen molar-refractivity contribution < 1.29 is 4.79 Å². The first kappa shape index (κ1) is 11.8. The molecule has 4 nitrogen and oxygen atoms in total. The minimum absolute atomic E-state index is 0.426. The molecule has 1 aliphatic carbocycles. The van der Waals surface area contributed by atoms with Crippen molar-refractivity contribution in [1.29, 1.82) is 0 Å². The van der Waals surface area contributed by atoms with Crippen molar-refractivity contribution in [1.82, 2.24) is 0 Å². The summed E-state index contributed by atoms with van der Waals surface area (Å²) in [6.07, 6.45) is 3.72. The van der Waals surface area contributed by atoms with Crippen LogP contribution in [0.4, 0.5) is 11.4 Å². The van der Waals surface area contributed by atoms with E-state index >= 15 is 0 Å². The Bertz CT molecular complexity index is 438.